The van der Waals surface area contributed by atoms with Crippen molar-refractivity contribution in [2.75, 3.05) is 6.61 Å². The van der Waals surface area contributed by atoms with E-state index in [4.69, 9.17) is 0 Å². The van der Waals surface area contributed by atoms with E-state index in [0.717, 1.165) is 0 Å². The Labute approximate surface area is 58.5 Å². The number of carbonyl (C=O) groups excluding carboxylic acids is 2. The fraction of sp³-hybridized carbons (Fsp3) is 0.667. The summed E-state index contributed by atoms with van der Waals surface area (Å²) in [4.78, 5) is 20.9. The molecule has 1 amide bonds. The minimum Gasteiger partial charge on any atom is -0.463 e. The maximum atomic E-state index is 10.5. The molecule has 0 radical (unpaired) electrons. The Morgan fingerprint density at radius 2 is 2.50 bits per heavy atom. The summed E-state index contributed by atoms with van der Waals surface area (Å²) in [5.41, 5.74) is 0. The quantitative estimate of drug-likeness (QED) is 0.500. The molecule has 0 aromatic carbocycles. The van der Waals surface area contributed by atoms with Crippen molar-refractivity contribution in [2.45, 2.75) is 19.4 Å². The molecule has 1 aliphatic rings. The van der Waals surface area contributed by atoms with Gasteiger partial charge >= 0.3 is 5.97 Å². The van der Waals surface area contributed by atoms with Crippen LogP contribution in [0.15, 0.2) is 0 Å². The van der Waals surface area contributed by atoms with E-state index in [2.05, 4.69) is 10.1 Å². The molecule has 10 heavy (non-hydrogen) atoms. The van der Waals surface area contributed by atoms with Crippen LogP contribution in [-0.2, 0) is 14.3 Å². The Balaban J connectivity index is 2.31. The van der Waals surface area contributed by atoms with Crippen LogP contribution in [0, 0.1) is 0 Å². The lowest BCUT2D eigenvalue weighted by Crippen LogP contribution is -2.33. The second kappa shape index (κ2) is 2.68. The lowest BCUT2D eigenvalue weighted by atomic mass is 10.2. The predicted molar refractivity (Wildman–Crippen MR) is 33.2 cm³/mol. The van der Waals surface area contributed by atoms with Crippen LogP contribution in [0.25, 0.3) is 0 Å². The molecule has 0 spiro atoms. The number of amides is 1. The molecule has 1 unspecified atom stereocenters. The number of ether oxygens (including phenoxy) is 1. The Bertz CT molecular complexity index is 166. The van der Waals surface area contributed by atoms with Crippen LogP contribution in [0.5, 0.6) is 0 Å². The molecule has 1 aliphatic heterocycles. The van der Waals surface area contributed by atoms with Gasteiger partial charge in [-0.05, 0) is 0 Å². The molecule has 0 aliphatic carbocycles. The number of cyclic esters (lactones) is 1. The number of carbonyl (C=O) groups is 2. The molecule has 1 saturated heterocycles. The van der Waals surface area contributed by atoms with Crippen molar-refractivity contribution >= 4 is 11.9 Å². The zero-order chi connectivity index (χ0) is 7.56. The SMILES string of the molecule is CC(=O)NC1COC(=O)C1. The van der Waals surface area contributed by atoms with E-state index in [1.807, 2.05) is 0 Å². The minimum absolute atomic E-state index is 0.106. The first-order valence-electron chi connectivity index (χ1n) is 3.11. The van der Waals surface area contributed by atoms with Gasteiger partial charge in [-0.3, -0.25) is 9.59 Å². The molecular formula is C6H9NO3. The van der Waals surface area contributed by atoms with Crippen molar-refractivity contribution in [3.05, 3.63) is 0 Å². The molecule has 4 nitrogen and oxygen atoms in total. The van der Waals surface area contributed by atoms with Gasteiger partial charge in [0.15, 0.2) is 0 Å². The van der Waals surface area contributed by atoms with E-state index >= 15 is 0 Å². The second-order valence-corrected chi connectivity index (χ2v) is 2.28. The van der Waals surface area contributed by atoms with Crippen LogP contribution in [0.2, 0.25) is 0 Å². The summed E-state index contributed by atoms with van der Waals surface area (Å²) in [6, 6.07) is -0.106. The van der Waals surface area contributed by atoms with Gasteiger partial charge in [-0.25, -0.2) is 0 Å². The lowest BCUT2D eigenvalue weighted by molar-refractivity contribution is -0.138. The Morgan fingerprint density at radius 1 is 1.80 bits per heavy atom. The normalized spacial score (nSPS) is 24.1. The molecule has 1 N–H and O–H groups in total. The molecule has 0 bridgehead atoms. The first-order chi connectivity index (χ1) is 4.68. The Hall–Kier alpha value is -1.06. The van der Waals surface area contributed by atoms with Crippen LogP contribution in [0.4, 0.5) is 0 Å². The summed E-state index contributed by atoms with van der Waals surface area (Å²) >= 11 is 0. The van der Waals surface area contributed by atoms with Crippen LogP contribution < -0.4 is 5.32 Å². The third kappa shape index (κ3) is 1.72. The van der Waals surface area contributed by atoms with Crippen LogP contribution in [0.3, 0.4) is 0 Å². The summed E-state index contributed by atoms with van der Waals surface area (Å²) in [6.07, 6.45) is 0.305. The van der Waals surface area contributed by atoms with Gasteiger partial charge < -0.3 is 10.1 Å². The smallest absolute Gasteiger partial charge is 0.308 e. The van der Waals surface area contributed by atoms with Gasteiger partial charge in [0.25, 0.3) is 0 Å². The van der Waals surface area contributed by atoms with E-state index in [9.17, 15) is 9.59 Å². The molecular weight excluding hydrogens is 134 g/mol. The van der Waals surface area contributed by atoms with Gasteiger partial charge in [0, 0.05) is 6.92 Å². The highest BCUT2D eigenvalue weighted by Crippen LogP contribution is 2.04. The first kappa shape index (κ1) is 7.05. The predicted octanol–water partition coefficient (Wildman–Crippen LogP) is -0.562. The van der Waals surface area contributed by atoms with E-state index in [1.54, 1.807) is 0 Å². The highest BCUT2D eigenvalue weighted by molar-refractivity contribution is 5.76. The molecule has 0 saturated carbocycles. The number of hydrogen-bond donors (Lipinski definition) is 1. The average Bonchev–Trinajstić information content (AvgIpc) is 2.13. The van der Waals surface area contributed by atoms with Gasteiger partial charge in [-0.1, -0.05) is 0 Å². The summed E-state index contributed by atoms with van der Waals surface area (Å²) in [6.45, 7) is 1.74. The highest BCUT2D eigenvalue weighted by Gasteiger charge is 2.23. The fourth-order valence-electron chi connectivity index (χ4n) is 0.893. The van der Waals surface area contributed by atoms with Crippen LogP contribution >= 0.6 is 0 Å². The maximum absolute atomic E-state index is 10.5. The molecule has 0 aromatic rings. The lowest BCUT2D eigenvalue weighted by Gasteiger charge is -2.04. The van der Waals surface area contributed by atoms with Gasteiger partial charge in [0.05, 0.1) is 12.5 Å². The molecule has 1 atom stereocenters. The van der Waals surface area contributed by atoms with E-state index in [1.165, 1.54) is 6.92 Å². The molecule has 1 rings (SSSR count). The Morgan fingerprint density at radius 3 is 2.90 bits per heavy atom. The van der Waals surface area contributed by atoms with Crippen molar-refractivity contribution in [1.29, 1.82) is 0 Å². The van der Waals surface area contributed by atoms with Gasteiger partial charge in [0.2, 0.25) is 5.91 Å². The highest BCUT2D eigenvalue weighted by atomic mass is 16.5. The van der Waals surface area contributed by atoms with Gasteiger partial charge in [-0.15, -0.1) is 0 Å². The van der Waals surface area contributed by atoms with Crippen LogP contribution in [0.1, 0.15) is 13.3 Å². The van der Waals surface area contributed by atoms with E-state index in [0.29, 0.717) is 13.0 Å². The largest absolute Gasteiger partial charge is 0.463 e. The zero-order valence-corrected chi connectivity index (χ0v) is 5.72. The van der Waals surface area contributed by atoms with Crippen molar-refractivity contribution in [1.82, 2.24) is 5.32 Å². The van der Waals surface area contributed by atoms with Crippen molar-refractivity contribution in [3.63, 3.8) is 0 Å². The van der Waals surface area contributed by atoms with Crippen LogP contribution in [-0.4, -0.2) is 24.5 Å². The molecule has 4 heteroatoms. The minimum atomic E-state index is -0.237. The number of nitrogens with one attached hydrogen (secondary N) is 1. The van der Waals surface area contributed by atoms with Gasteiger partial charge in [0.1, 0.15) is 6.61 Å². The standard InChI is InChI=1S/C6H9NO3/c1-4(8)7-5-2-6(9)10-3-5/h5H,2-3H2,1H3,(H,7,8). The molecule has 1 heterocycles. The van der Waals surface area contributed by atoms with Crippen molar-refractivity contribution < 1.29 is 14.3 Å². The van der Waals surface area contributed by atoms with Gasteiger partial charge in [-0.2, -0.15) is 0 Å². The van der Waals surface area contributed by atoms with E-state index in [-0.39, 0.29) is 17.9 Å². The third-order valence-electron chi connectivity index (χ3n) is 1.27. The number of esters is 1. The molecule has 56 valence electrons. The van der Waals surface area contributed by atoms with Crippen molar-refractivity contribution in [3.8, 4) is 0 Å². The average molecular weight is 143 g/mol. The summed E-state index contributed by atoms with van der Waals surface area (Å²) in [7, 11) is 0. The zero-order valence-electron chi connectivity index (χ0n) is 5.72. The summed E-state index contributed by atoms with van der Waals surface area (Å²) in [5.74, 6) is -0.359. The third-order valence-corrected chi connectivity index (χ3v) is 1.27. The molecule has 1 fully saturated rings. The summed E-state index contributed by atoms with van der Waals surface area (Å²) < 4.78 is 4.61. The summed E-state index contributed by atoms with van der Waals surface area (Å²) in [5, 5.41) is 2.59. The van der Waals surface area contributed by atoms with E-state index < -0.39 is 0 Å². The number of rotatable bonds is 1. The fourth-order valence-corrected chi connectivity index (χ4v) is 0.893. The van der Waals surface area contributed by atoms with Crippen molar-refractivity contribution in [2.24, 2.45) is 0 Å². The second-order valence-electron chi connectivity index (χ2n) is 2.28. The first-order valence-corrected chi connectivity index (χ1v) is 3.11. The maximum Gasteiger partial charge on any atom is 0.308 e. The Kier molecular flexibility index (Phi) is 1.89. The monoisotopic (exact) mass is 143 g/mol. The number of hydrogen-bond acceptors (Lipinski definition) is 3. The molecule has 0 aromatic heterocycles. The topological polar surface area (TPSA) is 55.4 Å².